The molecule has 0 aromatic heterocycles. The molecule has 1 unspecified atom stereocenters. The van der Waals surface area contributed by atoms with Crippen LogP contribution in [0.25, 0.3) is 0 Å². The SMILES string of the molecule is C=CCOc1cc(OCC=C)c(CC)c(C(C(=O)O)C(=O)c2ccc(OCCOC)c(OCCOC)c2)c1. The molecule has 0 saturated heterocycles. The fraction of sp³-hybridized carbons (Fsp3) is 0.379. The summed E-state index contributed by atoms with van der Waals surface area (Å²) in [4.78, 5) is 26.3. The standard InChI is InChI=1S/C29H36O9/c1-6-11-35-21-18-23(22(8-3)25(19-21)36-12-7-2)27(29(31)32)28(30)20-9-10-24(37-15-13-33-4)26(17-20)38-16-14-34-5/h6-7,9-10,17-19,27H,1-2,8,11-16H2,3-5H3,(H,31,32). The largest absolute Gasteiger partial charge is 0.489 e. The third kappa shape index (κ3) is 8.36. The Morgan fingerprint density at radius 2 is 1.47 bits per heavy atom. The maximum Gasteiger partial charge on any atom is 0.318 e. The molecule has 0 fully saturated rings. The molecule has 2 aromatic rings. The van der Waals surface area contributed by atoms with Gasteiger partial charge in [0.1, 0.15) is 43.8 Å². The van der Waals surface area contributed by atoms with Crippen LogP contribution in [0.15, 0.2) is 55.6 Å². The van der Waals surface area contributed by atoms with Crippen molar-refractivity contribution in [3.63, 3.8) is 0 Å². The molecule has 0 heterocycles. The molecule has 0 bridgehead atoms. The molecule has 0 aliphatic rings. The molecule has 0 spiro atoms. The van der Waals surface area contributed by atoms with E-state index < -0.39 is 17.7 Å². The molecule has 1 atom stereocenters. The van der Waals surface area contributed by atoms with E-state index in [0.29, 0.717) is 48.2 Å². The zero-order chi connectivity index (χ0) is 27.9. The van der Waals surface area contributed by atoms with E-state index in [1.54, 1.807) is 44.6 Å². The molecule has 2 aromatic carbocycles. The first-order valence-corrected chi connectivity index (χ1v) is 12.2. The zero-order valence-electron chi connectivity index (χ0n) is 22.2. The highest BCUT2D eigenvalue weighted by atomic mass is 16.5. The van der Waals surface area contributed by atoms with E-state index in [1.807, 2.05) is 6.92 Å². The van der Waals surface area contributed by atoms with Crippen molar-refractivity contribution < 1.29 is 43.1 Å². The van der Waals surface area contributed by atoms with Crippen LogP contribution < -0.4 is 18.9 Å². The number of carbonyl (C=O) groups excluding carboxylic acids is 1. The van der Waals surface area contributed by atoms with Gasteiger partial charge in [0.2, 0.25) is 0 Å². The summed E-state index contributed by atoms with van der Waals surface area (Å²) >= 11 is 0. The number of ketones is 1. The van der Waals surface area contributed by atoms with Crippen molar-refractivity contribution in [2.45, 2.75) is 19.3 Å². The average molecular weight is 529 g/mol. The number of carboxylic acid groups (broad SMARTS) is 1. The van der Waals surface area contributed by atoms with Gasteiger partial charge >= 0.3 is 5.97 Å². The highest BCUT2D eigenvalue weighted by molar-refractivity contribution is 6.13. The number of benzene rings is 2. The minimum Gasteiger partial charge on any atom is -0.489 e. The molecule has 38 heavy (non-hydrogen) atoms. The van der Waals surface area contributed by atoms with E-state index in [9.17, 15) is 14.7 Å². The van der Waals surface area contributed by atoms with Crippen LogP contribution in [-0.4, -0.2) is 70.7 Å². The summed E-state index contributed by atoms with van der Waals surface area (Å²) in [5.41, 5.74) is 1.03. The fourth-order valence-corrected chi connectivity index (χ4v) is 3.71. The van der Waals surface area contributed by atoms with E-state index in [1.165, 1.54) is 12.1 Å². The van der Waals surface area contributed by atoms with Crippen LogP contribution in [0.2, 0.25) is 0 Å². The summed E-state index contributed by atoms with van der Waals surface area (Å²) in [5, 5.41) is 10.2. The summed E-state index contributed by atoms with van der Waals surface area (Å²) in [6.45, 7) is 10.7. The van der Waals surface area contributed by atoms with Gasteiger partial charge in [0.15, 0.2) is 17.3 Å². The van der Waals surface area contributed by atoms with Crippen LogP contribution in [-0.2, 0) is 20.7 Å². The maximum absolute atomic E-state index is 13.7. The smallest absolute Gasteiger partial charge is 0.318 e. The second kappa shape index (κ2) is 16.1. The van der Waals surface area contributed by atoms with Crippen molar-refractivity contribution in [3.8, 4) is 23.0 Å². The van der Waals surface area contributed by atoms with Gasteiger partial charge in [-0.3, -0.25) is 9.59 Å². The molecule has 1 N–H and O–H groups in total. The first-order chi connectivity index (χ1) is 18.4. The third-order valence-electron chi connectivity index (χ3n) is 5.43. The molecular formula is C29H36O9. The van der Waals surface area contributed by atoms with E-state index in [-0.39, 0.29) is 37.6 Å². The predicted molar refractivity (Wildman–Crippen MR) is 143 cm³/mol. The number of carboxylic acids is 1. The number of hydrogen-bond acceptors (Lipinski definition) is 8. The van der Waals surface area contributed by atoms with Crippen LogP contribution in [0.3, 0.4) is 0 Å². The van der Waals surface area contributed by atoms with E-state index >= 15 is 0 Å². The van der Waals surface area contributed by atoms with Crippen LogP contribution in [0.1, 0.15) is 34.3 Å². The Morgan fingerprint density at radius 1 is 0.842 bits per heavy atom. The Bertz CT molecular complexity index is 1090. The van der Waals surface area contributed by atoms with Crippen LogP contribution in [0.4, 0.5) is 0 Å². The lowest BCUT2D eigenvalue weighted by atomic mass is 9.86. The van der Waals surface area contributed by atoms with Gasteiger partial charge in [0, 0.05) is 25.8 Å². The van der Waals surface area contributed by atoms with E-state index in [2.05, 4.69) is 13.2 Å². The molecule has 0 radical (unpaired) electrons. The van der Waals surface area contributed by atoms with Crippen molar-refractivity contribution in [2.75, 3.05) is 53.9 Å². The molecule has 2 rings (SSSR count). The van der Waals surface area contributed by atoms with Crippen LogP contribution >= 0.6 is 0 Å². The molecule has 0 aliphatic heterocycles. The molecule has 0 saturated carbocycles. The van der Waals surface area contributed by atoms with Gasteiger partial charge in [-0.15, -0.1) is 0 Å². The zero-order valence-corrected chi connectivity index (χ0v) is 22.2. The first-order valence-electron chi connectivity index (χ1n) is 12.2. The van der Waals surface area contributed by atoms with Crippen molar-refractivity contribution in [3.05, 3.63) is 72.3 Å². The van der Waals surface area contributed by atoms with Gasteiger partial charge in [-0.05, 0) is 41.8 Å². The topological polar surface area (TPSA) is 110 Å². The molecule has 0 amide bonds. The van der Waals surface area contributed by atoms with Crippen molar-refractivity contribution in [2.24, 2.45) is 0 Å². The Balaban J connectivity index is 2.57. The molecule has 0 aliphatic carbocycles. The number of ether oxygens (including phenoxy) is 6. The fourth-order valence-electron chi connectivity index (χ4n) is 3.71. The van der Waals surface area contributed by atoms with Crippen molar-refractivity contribution in [1.82, 2.24) is 0 Å². The maximum atomic E-state index is 13.7. The lowest BCUT2D eigenvalue weighted by Crippen LogP contribution is -2.24. The second-order valence-corrected chi connectivity index (χ2v) is 8.02. The number of carbonyl (C=O) groups is 2. The highest BCUT2D eigenvalue weighted by Crippen LogP contribution is 2.37. The van der Waals surface area contributed by atoms with Gasteiger partial charge in [-0.1, -0.05) is 32.2 Å². The Hall–Kier alpha value is -3.82. The van der Waals surface area contributed by atoms with Crippen molar-refractivity contribution in [1.29, 1.82) is 0 Å². The Labute approximate surface area is 223 Å². The molecule has 9 heteroatoms. The average Bonchev–Trinajstić information content (AvgIpc) is 2.91. The summed E-state index contributed by atoms with van der Waals surface area (Å²) in [5.74, 6) is -1.97. The van der Waals surface area contributed by atoms with Gasteiger partial charge < -0.3 is 33.5 Å². The monoisotopic (exact) mass is 528 g/mol. The minimum absolute atomic E-state index is 0.150. The van der Waals surface area contributed by atoms with Crippen molar-refractivity contribution >= 4 is 11.8 Å². The first kappa shape index (κ1) is 30.4. The Kier molecular flexibility index (Phi) is 12.9. The normalized spacial score (nSPS) is 11.3. The van der Waals surface area contributed by atoms with Gasteiger partial charge in [0.25, 0.3) is 0 Å². The second-order valence-electron chi connectivity index (χ2n) is 8.02. The van der Waals surface area contributed by atoms with Gasteiger partial charge in [-0.2, -0.15) is 0 Å². The van der Waals surface area contributed by atoms with Gasteiger partial charge in [-0.25, -0.2) is 0 Å². The summed E-state index contributed by atoms with van der Waals surface area (Å²) < 4.78 is 33.0. The molecular weight excluding hydrogens is 492 g/mol. The number of Topliss-reactive ketones (excluding diaryl/α,β-unsaturated/α-hetero) is 1. The molecule has 206 valence electrons. The Morgan fingerprint density at radius 3 is 2.05 bits per heavy atom. The molecule has 9 nitrogen and oxygen atoms in total. The lowest BCUT2D eigenvalue weighted by Gasteiger charge is -2.21. The number of rotatable bonds is 19. The predicted octanol–water partition coefficient (Wildman–Crippen LogP) is 4.48. The van der Waals surface area contributed by atoms with E-state index in [4.69, 9.17) is 28.4 Å². The minimum atomic E-state index is -1.52. The highest BCUT2D eigenvalue weighted by Gasteiger charge is 2.33. The third-order valence-corrected chi connectivity index (χ3v) is 5.43. The quantitative estimate of drug-likeness (QED) is 0.122. The summed E-state index contributed by atoms with van der Waals surface area (Å²) in [6, 6.07) is 7.81. The van der Waals surface area contributed by atoms with Crippen LogP contribution in [0, 0.1) is 0 Å². The number of methoxy groups -OCH3 is 2. The summed E-state index contributed by atoms with van der Waals surface area (Å²) in [6.07, 6.45) is 3.58. The van der Waals surface area contributed by atoms with E-state index in [0.717, 1.165) is 0 Å². The summed E-state index contributed by atoms with van der Waals surface area (Å²) in [7, 11) is 3.10. The lowest BCUT2D eigenvalue weighted by molar-refractivity contribution is -0.137. The van der Waals surface area contributed by atoms with Crippen LogP contribution in [0.5, 0.6) is 23.0 Å². The number of aliphatic carboxylic acids is 1. The number of hydrogen-bond donors (Lipinski definition) is 1. The van der Waals surface area contributed by atoms with Gasteiger partial charge in [0.05, 0.1) is 13.2 Å².